The SMILES string of the molecule is CC(C)(C)c1nc(N2C[C@@H](F)C[C@H]2C#N)c2nnn(Cc3ccccc3Cl)c2n1. The third-order valence-electron chi connectivity index (χ3n) is 4.96. The third kappa shape index (κ3) is 3.62. The van der Waals surface area contributed by atoms with Crippen molar-refractivity contribution in [3.8, 4) is 6.07 Å². The van der Waals surface area contributed by atoms with Crippen molar-refractivity contribution in [3.63, 3.8) is 0 Å². The Morgan fingerprint density at radius 1 is 1.28 bits per heavy atom. The number of nitrogens with zero attached hydrogens (tertiary/aromatic N) is 7. The Kier molecular flexibility index (Phi) is 4.87. The number of fused-ring (bicyclic) bond motifs is 1. The van der Waals surface area contributed by atoms with Gasteiger partial charge in [0.05, 0.1) is 19.2 Å². The highest BCUT2D eigenvalue weighted by atomic mass is 35.5. The fraction of sp³-hybridized carbons (Fsp3) is 0.450. The molecule has 3 aromatic rings. The Morgan fingerprint density at radius 2 is 2.03 bits per heavy atom. The van der Waals surface area contributed by atoms with Gasteiger partial charge in [-0.2, -0.15) is 5.26 Å². The van der Waals surface area contributed by atoms with E-state index in [4.69, 9.17) is 16.6 Å². The molecule has 2 atom stereocenters. The quantitative estimate of drug-likeness (QED) is 0.651. The van der Waals surface area contributed by atoms with Crippen molar-refractivity contribution in [3.05, 3.63) is 40.7 Å². The largest absolute Gasteiger partial charge is 0.336 e. The smallest absolute Gasteiger partial charge is 0.184 e. The Morgan fingerprint density at radius 3 is 2.72 bits per heavy atom. The van der Waals surface area contributed by atoms with Crippen LogP contribution in [0, 0.1) is 11.3 Å². The summed E-state index contributed by atoms with van der Waals surface area (Å²) in [7, 11) is 0. The number of nitriles is 1. The van der Waals surface area contributed by atoms with Gasteiger partial charge in [-0.05, 0) is 11.6 Å². The van der Waals surface area contributed by atoms with Crippen LogP contribution in [0.2, 0.25) is 5.02 Å². The molecular formula is C20H21ClFN7. The second-order valence-corrected chi connectivity index (χ2v) is 8.67. The molecule has 0 amide bonds. The van der Waals surface area contributed by atoms with Crippen molar-refractivity contribution in [2.45, 2.75) is 51.4 Å². The van der Waals surface area contributed by atoms with E-state index >= 15 is 0 Å². The Hall–Kier alpha value is -2.79. The molecule has 1 aliphatic rings. The molecule has 3 heterocycles. The maximum atomic E-state index is 14.1. The molecule has 150 valence electrons. The predicted molar refractivity (Wildman–Crippen MR) is 109 cm³/mol. The molecule has 2 aromatic heterocycles. The Balaban J connectivity index is 1.87. The van der Waals surface area contributed by atoms with Crippen LogP contribution in [-0.2, 0) is 12.0 Å². The first-order valence-corrected chi connectivity index (χ1v) is 9.81. The maximum Gasteiger partial charge on any atom is 0.184 e. The summed E-state index contributed by atoms with van der Waals surface area (Å²) >= 11 is 6.30. The molecule has 1 aromatic carbocycles. The van der Waals surface area contributed by atoms with Crippen LogP contribution in [0.1, 0.15) is 38.6 Å². The molecule has 7 nitrogen and oxygen atoms in total. The van der Waals surface area contributed by atoms with Gasteiger partial charge < -0.3 is 4.90 Å². The zero-order valence-electron chi connectivity index (χ0n) is 16.5. The standard InChI is InChI=1S/C20H21ClFN7/c1-20(2,3)19-24-17(28-11-13(22)8-14(28)9-23)16-18(25-19)29(27-26-16)10-12-6-4-5-7-15(12)21/h4-7,13-14H,8,10-11H2,1-3H3/t13-,14-/m0/s1. The van der Waals surface area contributed by atoms with Crippen LogP contribution < -0.4 is 4.90 Å². The number of hydrogen-bond acceptors (Lipinski definition) is 6. The van der Waals surface area contributed by atoms with Crippen LogP contribution in [0.15, 0.2) is 24.3 Å². The van der Waals surface area contributed by atoms with E-state index in [1.54, 1.807) is 9.58 Å². The van der Waals surface area contributed by atoms with Gasteiger partial charge >= 0.3 is 0 Å². The second-order valence-electron chi connectivity index (χ2n) is 8.26. The van der Waals surface area contributed by atoms with Gasteiger partial charge in [0.15, 0.2) is 17.0 Å². The molecule has 1 fully saturated rings. The summed E-state index contributed by atoms with van der Waals surface area (Å²) in [6.45, 7) is 6.51. The average molecular weight is 414 g/mol. The number of benzene rings is 1. The van der Waals surface area contributed by atoms with Gasteiger partial charge in [-0.3, -0.25) is 0 Å². The molecule has 1 saturated heterocycles. The third-order valence-corrected chi connectivity index (χ3v) is 5.33. The van der Waals surface area contributed by atoms with Crippen LogP contribution in [0.3, 0.4) is 0 Å². The van der Waals surface area contributed by atoms with Crippen LogP contribution in [0.25, 0.3) is 11.2 Å². The number of hydrogen-bond donors (Lipinski definition) is 0. The monoisotopic (exact) mass is 413 g/mol. The van der Waals surface area contributed by atoms with Gasteiger partial charge in [-0.25, -0.2) is 19.0 Å². The van der Waals surface area contributed by atoms with Gasteiger partial charge in [0.1, 0.15) is 18.0 Å². The number of anilines is 1. The van der Waals surface area contributed by atoms with E-state index in [0.29, 0.717) is 34.4 Å². The molecular weight excluding hydrogens is 393 g/mol. The highest BCUT2D eigenvalue weighted by molar-refractivity contribution is 6.31. The lowest BCUT2D eigenvalue weighted by molar-refractivity contribution is 0.360. The van der Waals surface area contributed by atoms with Crippen LogP contribution in [0.5, 0.6) is 0 Å². The lowest BCUT2D eigenvalue weighted by Crippen LogP contribution is -2.30. The van der Waals surface area contributed by atoms with Crippen molar-refractivity contribution in [1.82, 2.24) is 25.0 Å². The molecule has 1 aliphatic heterocycles. The molecule has 29 heavy (non-hydrogen) atoms. The topological polar surface area (TPSA) is 83.5 Å². The van der Waals surface area contributed by atoms with Crippen LogP contribution in [0.4, 0.5) is 10.2 Å². The van der Waals surface area contributed by atoms with E-state index in [1.807, 2.05) is 45.0 Å². The second kappa shape index (κ2) is 7.23. The van der Waals surface area contributed by atoms with Crippen molar-refractivity contribution in [2.24, 2.45) is 0 Å². The van der Waals surface area contributed by atoms with Crippen molar-refractivity contribution in [2.75, 3.05) is 11.4 Å². The molecule has 0 radical (unpaired) electrons. The summed E-state index contributed by atoms with van der Waals surface area (Å²) in [6, 6.07) is 9.09. The van der Waals surface area contributed by atoms with Crippen LogP contribution >= 0.6 is 11.6 Å². The normalized spacial score (nSPS) is 19.7. The Labute approximate surface area is 173 Å². The fourth-order valence-electron chi connectivity index (χ4n) is 3.41. The van der Waals surface area contributed by atoms with E-state index in [-0.39, 0.29) is 18.4 Å². The minimum absolute atomic E-state index is 0.102. The van der Waals surface area contributed by atoms with Gasteiger partial charge in [0, 0.05) is 16.9 Å². The molecule has 4 rings (SSSR count). The van der Waals surface area contributed by atoms with E-state index in [0.717, 1.165) is 5.56 Å². The number of alkyl halides is 1. The molecule has 0 aliphatic carbocycles. The zero-order valence-corrected chi connectivity index (χ0v) is 17.2. The van der Waals surface area contributed by atoms with Gasteiger partial charge in [-0.15, -0.1) is 5.10 Å². The molecule has 0 unspecified atom stereocenters. The first-order chi connectivity index (χ1) is 13.8. The van der Waals surface area contributed by atoms with Gasteiger partial charge in [-0.1, -0.05) is 55.8 Å². The van der Waals surface area contributed by atoms with E-state index in [9.17, 15) is 9.65 Å². The lowest BCUT2D eigenvalue weighted by atomic mass is 9.95. The fourth-order valence-corrected chi connectivity index (χ4v) is 3.61. The molecule has 9 heteroatoms. The summed E-state index contributed by atoms with van der Waals surface area (Å²) in [5.74, 6) is 1.04. The number of rotatable bonds is 3. The van der Waals surface area contributed by atoms with E-state index in [1.165, 1.54) is 0 Å². The summed E-state index contributed by atoms with van der Waals surface area (Å²) in [6.07, 6.45) is -0.929. The highest BCUT2D eigenvalue weighted by Crippen LogP contribution is 2.32. The molecule has 0 spiro atoms. The Bertz CT molecular complexity index is 1100. The minimum Gasteiger partial charge on any atom is -0.336 e. The van der Waals surface area contributed by atoms with Gasteiger partial charge in [0.25, 0.3) is 0 Å². The van der Waals surface area contributed by atoms with Crippen molar-refractivity contribution >= 4 is 28.6 Å². The van der Waals surface area contributed by atoms with Gasteiger partial charge in [0.2, 0.25) is 0 Å². The number of aromatic nitrogens is 5. The summed E-state index contributed by atoms with van der Waals surface area (Å²) in [5.41, 5.74) is 1.54. The highest BCUT2D eigenvalue weighted by Gasteiger charge is 2.36. The summed E-state index contributed by atoms with van der Waals surface area (Å²) < 4.78 is 15.7. The zero-order chi connectivity index (χ0) is 20.8. The first-order valence-electron chi connectivity index (χ1n) is 9.43. The van der Waals surface area contributed by atoms with Crippen molar-refractivity contribution < 1.29 is 4.39 Å². The summed E-state index contributed by atoms with van der Waals surface area (Å²) in [4.78, 5) is 11.1. The van der Waals surface area contributed by atoms with E-state index in [2.05, 4.69) is 21.4 Å². The van der Waals surface area contributed by atoms with Crippen molar-refractivity contribution in [1.29, 1.82) is 5.26 Å². The minimum atomic E-state index is -1.08. The molecule has 0 bridgehead atoms. The lowest BCUT2D eigenvalue weighted by Gasteiger charge is -2.23. The molecule has 0 saturated carbocycles. The number of halogens is 2. The average Bonchev–Trinajstić information content (AvgIpc) is 3.25. The predicted octanol–water partition coefficient (Wildman–Crippen LogP) is 3.66. The van der Waals surface area contributed by atoms with Crippen LogP contribution in [-0.4, -0.2) is 43.7 Å². The maximum absolute atomic E-state index is 14.1. The van der Waals surface area contributed by atoms with E-state index < -0.39 is 12.2 Å². The first kappa shape index (κ1) is 19.5. The summed E-state index contributed by atoms with van der Waals surface area (Å²) in [5, 5.41) is 18.7. The molecule has 0 N–H and O–H groups in total.